The standard InChI is InChI=1S/C12H16O2/c1-10-5-2-3-6-11(10)12(13)7-4-8-14-9-12/h2-3,5-6,13H,4,7-9H2,1H3. The molecule has 1 atom stereocenters. The summed E-state index contributed by atoms with van der Waals surface area (Å²) in [7, 11) is 0. The van der Waals surface area contributed by atoms with Crippen LogP contribution < -0.4 is 0 Å². The summed E-state index contributed by atoms with van der Waals surface area (Å²) in [6.07, 6.45) is 1.74. The van der Waals surface area contributed by atoms with E-state index >= 15 is 0 Å². The molecule has 14 heavy (non-hydrogen) atoms. The molecule has 0 aromatic heterocycles. The van der Waals surface area contributed by atoms with E-state index < -0.39 is 5.60 Å². The third kappa shape index (κ3) is 1.68. The van der Waals surface area contributed by atoms with Crippen LogP contribution in [0.15, 0.2) is 24.3 Å². The lowest BCUT2D eigenvalue weighted by atomic mass is 9.86. The van der Waals surface area contributed by atoms with Crippen LogP contribution in [0.25, 0.3) is 0 Å². The van der Waals surface area contributed by atoms with Crippen LogP contribution in [0.1, 0.15) is 24.0 Å². The van der Waals surface area contributed by atoms with Crippen LogP contribution in [-0.4, -0.2) is 18.3 Å². The lowest BCUT2D eigenvalue weighted by Crippen LogP contribution is -2.36. The zero-order valence-corrected chi connectivity index (χ0v) is 8.49. The van der Waals surface area contributed by atoms with Crippen molar-refractivity contribution in [1.29, 1.82) is 0 Å². The lowest BCUT2D eigenvalue weighted by Gasteiger charge is -2.33. The maximum atomic E-state index is 10.4. The van der Waals surface area contributed by atoms with E-state index in [9.17, 15) is 5.11 Å². The van der Waals surface area contributed by atoms with Gasteiger partial charge in [-0.05, 0) is 30.9 Å². The highest BCUT2D eigenvalue weighted by atomic mass is 16.5. The Morgan fingerprint density at radius 3 is 2.79 bits per heavy atom. The van der Waals surface area contributed by atoms with Gasteiger partial charge in [0.05, 0.1) is 6.61 Å². The molecule has 0 bridgehead atoms. The van der Waals surface area contributed by atoms with Gasteiger partial charge in [0.15, 0.2) is 0 Å². The van der Waals surface area contributed by atoms with E-state index in [1.807, 2.05) is 31.2 Å². The van der Waals surface area contributed by atoms with Crippen LogP contribution in [0.3, 0.4) is 0 Å². The monoisotopic (exact) mass is 192 g/mol. The van der Waals surface area contributed by atoms with Crippen LogP contribution in [0, 0.1) is 6.92 Å². The second kappa shape index (κ2) is 3.71. The number of aliphatic hydroxyl groups is 1. The van der Waals surface area contributed by atoms with E-state index in [1.165, 1.54) is 0 Å². The molecule has 1 N–H and O–H groups in total. The van der Waals surface area contributed by atoms with Gasteiger partial charge in [-0.15, -0.1) is 0 Å². The summed E-state index contributed by atoms with van der Waals surface area (Å²) in [6.45, 7) is 3.23. The van der Waals surface area contributed by atoms with Gasteiger partial charge in [0.25, 0.3) is 0 Å². The number of hydrogen-bond donors (Lipinski definition) is 1. The van der Waals surface area contributed by atoms with Crippen molar-refractivity contribution in [2.45, 2.75) is 25.4 Å². The number of hydrogen-bond acceptors (Lipinski definition) is 2. The van der Waals surface area contributed by atoms with Crippen molar-refractivity contribution in [3.05, 3.63) is 35.4 Å². The predicted octanol–water partition coefficient (Wildman–Crippen LogP) is 1.99. The van der Waals surface area contributed by atoms with Gasteiger partial charge in [-0.3, -0.25) is 0 Å². The molecular weight excluding hydrogens is 176 g/mol. The molecule has 2 nitrogen and oxygen atoms in total. The summed E-state index contributed by atoms with van der Waals surface area (Å²) >= 11 is 0. The lowest BCUT2D eigenvalue weighted by molar-refractivity contribution is -0.0906. The first-order valence-electron chi connectivity index (χ1n) is 5.09. The Hall–Kier alpha value is -0.860. The van der Waals surface area contributed by atoms with Crippen molar-refractivity contribution in [2.24, 2.45) is 0 Å². The molecule has 1 fully saturated rings. The maximum absolute atomic E-state index is 10.4. The first-order valence-corrected chi connectivity index (χ1v) is 5.09. The molecule has 76 valence electrons. The highest BCUT2D eigenvalue weighted by Crippen LogP contribution is 2.31. The fourth-order valence-corrected chi connectivity index (χ4v) is 2.09. The molecule has 1 saturated heterocycles. The first kappa shape index (κ1) is 9.69. The Morgan fingerprint density at radius 1 is 1.36 bits per heavy atom. The third-order valence-electron chi connectivity index (χ3n) is 2.87. The minimum atomic E-state index is -0.760. The molecule has 0 saturated carbocycles. The Labute approximate surface area is 84.5 Å². The molecule has 1 unspecified atom stereocenters. The molecule has 0 spiro atoms. The quantitative estimate of drug-likeness (QED) is 0.737. The average molecular weight is 192 g/mol. The fourth-order valence-electron chi connectivity index (χ4n) is 2.09. The summed E-state index contributed by atoms with van der Waals surface area (Å²) in [4.78, 5) is 0. The van der Waals surface area contributed by atoms with Gasteiger partial charge >= 0.3 is 0 Å². The van der Waals surface area contributed by atoms with Crippen LogP contribution in [0.5, 0.6) is 0 Å². The minimum Gasteiger partial charge on any atom is -0.383 e. The van der Waals surface area contributed by atoms with E-state index in [0.717, 1.165) is 30.6 Å². The van der Waals surface area contributed by atoms with Gasteiger partial charge in [0, 0.05) is 6.61 Å². The van der Waals surface area contributed by atoms with Crippen LogP contribution in [0.4, 0.5) is 0 Å². The van der Waals surface area contributed by atoms with Gasteiger partial charge < -0.3 is 9.84 Å². The molecule has 0 radical (unpaired) electrons. The Bertz CT molecular complexity index is 314. The Balaban J connectivity index is 2.32. The zero-order chi connectivity index (χ0) is 10.0. The van der Waals surface area contributed by atoms with Crippen LogP contribution in [0.2, 0.25) is 0 Å². The molecule has 1 aliphatic heterocycles. The van der Waals surface area contributed by atoms with Crippen molar-refractivity contribution in [3.8, 4) is 0 Å². The predicted molar refractivity (Wildman–Crippen MR) is 55.1 cm³/mol. The number of ether oxygens (including phenoxy) is 1. The molecule has 1 aromatic rings. The van der Waals surface area contributed by atoms with E-state index in [-0.39, 0.29) is 0 Å². The third-order valence-corrected chi connectivity index (χ3v) is 2.87. The van der Waals surface area contributed by atoms with Crippen LogP contribution in [-0.2, 0) is 10.3 Å². The van der Waals surface area contributed by atoms with Crippen molar-refractivity contribution in [1.82, 2.24) is 0 Å². The second-order valence-electron chi connectivity index (χ2n) is 4.00. The molecule has 0 amide bonds. The molecule has 1 heterocycles. The summed E-state index contributed by atoms with van der Waals surface area (Å²) in [6, 6.07) is 7.98. The Kier molecular flexibility index (Phi) is 2.57. The van der Waals surface area contributed by atoms with Gasteiger partial charge in [0.2, 0.25) is 0 Å². The van der Waals surface area contributed by atoms with E-state index in [1.54, 1.807) is 0 Å². The van der Waals surface area contributed by atoms with Crippen LogP contribution >= 0.6 is 0 Å². The smallest absolute Gasteiger partial charge is 0.113 e. The van der Waals surface area contributed by atoms with E-state index in [4.69, 9.17) is 4.74 Å². The maximum Gasteiger partial charge on any atom is 0.113 e. The summed E-state index contributed by atoms with van der Waals surface area (Å²) < 4.78 is 5.34. The Morgan fingerprint density at radius 2 is 2.14 bits per heavy atom. The van der Waals surface area contributed by atoms with Gasteiger partial charge in [-0.2, -0.15) is 0 Å². The highest BCUT2D eigenvalue weighted by molar-refractivity contribution is 5.31. The van der Waals surface area contributed by atoms with Crippen molar-refractivity contribution >= 4 is 0 Å². The largest absolute Gasteiger partial charge is 0.383 e. The minimum absolute atomic E-state index is 0.428. The summed E-state index contributed by atoms with van der Waals surface area (Å²) in [5, 5.41) is 10.4. The normalized spacial score (nSPS) is 27.6. The summed E-state index contributed by atoms with van der Waals surface area (Å²) in [5.41, 5.74) is 1.39. The molecule has 2 heteroatoms. The molecule has 0 aliphatic carbocycles. The first-order chi connectivity index (χ1) is 6.72. The van der Waals surface area contributed by atoms with E-state index in [2.05, 4.69) is 0 Å². The fraction of sp³-hybridized carbons (Fsp3) is 0.500. The SMILES string of the molecule is Cc1ccccc1C1(O)CCCOC1. The number of benzene rings is 1. The molecule has 1 aliphatic rings. The molecular formula is C12H16O2. The second-order valence-corrected chi connectivity index (χ2v) is 4.00. The van der Waals surface area contributed by atoms with Crippen molar-refractivity contribution in [3.63, 3.8) is 0 Å². The topological polar surface area (TPSA) is 29.5 Å². The summed E-state index contributed by atoms with van der Waals surface area (Å²) in [5.74, 6) is 0. The van der Waals surface area contributed by atoms with Gasteiger partial charge in [-0.25, -0.2) is 0 Å². The number of aryl methyl sites for hydroxylation is 1. The van der Waals surface area contributed by atoms with Crippen molar-refractivity contribution in [2.75, 3.05) is 13.2 Å². The zero-order valence-electron chi connectivity index (χ0n) is 8.49. The van der Waals surface area contributed by atoms with Gasteiger partial charge in [0.1, 0.15) is 5.60 Å². The van der Waals surface area contributed by atoms with Gasteiger partial charge in [-0.1, -0.05) is 24.3 Å². The molecule has 1 aromatic carbocycles. The van der Waals surface area contributed by atoms with E-state index in [0.29, 0.717) is 6.61 Å². The number of rotatable bonds is 1. The molecule has 2 rings (SSSR count). The highest BCUT2D eigenvalue weighted by Gasteiger charge is 2.32. The van der Waals surface area contributed by atoms with Crippen molar-refractivity contribution < 1.29 is 9.84 Å². The average Bonchev–Trinajstić information content (AvgIpc) is 2.19.